The van der Waals surface area contributed by atoms with Crippen molar-refractivity contribution in [2.24, 2.45) is 0 Å². The lowest BCUT2D eigenvalue weighted by atomic mass is 10.1. The summed E-state index contributed by atoms with van der Waals surface area (Å²) >= 11 is 0. The summed E-state index contributed by atoms with van der Waals surface area (Å²) in [5.74, 6) is 0. The van der Waals surface area contributed by atoms with Gasteiger partial charge in [0.05, 0.1) is 10.9 Å². The third-order valence-electron chi connectivity index (χ3n) is 3.31. The van der Waals surface area contributed by atoms with Crippen LogP contribution in [0.1, 0.15) is 18.1 Å². The molecule has 0 aliphatic heterocycles. The lowest BCUT2D eigenvalue weighted by Crippen LogP contribution is -2.05. The van der Waals surface area contributed by atoms with Gasteiger partial charge < -0.3 is 9.15 Å². The number of benzene rings is 2. The summed E-state index contributed by atoms with van der Waals surface area (Å²) in [6.07, 6.45) is 1.00. The second-order valence-electron chi connectivity index (χ2n) is 4.74. The van der Waals surface area contributed by atoms with Gasteiger partial charge in [0.25, 0.3) is 0 Å². The molecule has 0 aliphatic rings. The van der Waals surface area contributed by atoms with E-state index in [0.29, 0.717) is 17.5 Å². The molecule has 1 aromatic heterocycles. The van der Waals surface area contributed by atoms with Crippen molar-refractivity contribution in [1.29, 1.82) is 0 Å². The van der Waals surface area contributed by atoms with Crippen LogP contribution in [0.5, 0.6) is 6.08 Å². The van der Waals surface area contributed by atoms with Gasteiger partial charge in [0.2, 0.25) is 0 Å². The molecule has 106 valence electrons. The fourth-order valence-electron chi connectivity index (χ4n) is 2.08. The first-order valence-electron chi connectivity index (χ1n) is 6.87. The third-order valence-corrected chi connectivity index (χ3v) is 3.31. The number of aryl methyl sites for hydroxylation is 1. The summed E-state index contributed by atoms with van der Waals surface area (Å²) in [5, 5.41) is 0.456. The van der Waals surface area contributed by atoms with Crippen LogP contribution in [-0.4, -0.2) is 4.98 Å². The fraction of sp³-hybridized carbons (Fsp3) is 0.176. The van der Waals surface area contributed by atoms with Crippen LogP contribution < -0.4 is 10.4 Å². The molecule has 2 aromatic carbocycles. The number of fused-ring (bicyclic) bond motifs is 1. The first kappa shape index (κ1) is 13.4. The molecule has 0 aliphatic carbocycles. The number of hydrogen-bond acceptors (Lipinski definition) is 4. The summed E-state index contributed by atoms with van der Waals surface area (Å²) in [7, 11) is 0. The van der Waals surface area contributed by atoms with E-state index in [0.717, 1.165) is 12.0 Å². The molecule has 0 N–H and O–H groups in total. The van der Waals surface area contributed by atoms with Gasteiger partial charge in [-0.1, -0.05) is 43.3 Å². The van der Waals surface area contributed by atoms with Crippen LogP contribution in [0.2, 0.25) is 0 Å². The average molecular weight is 281 g/mol. The highest BCUT2D eigenvalue weighted by Gasteiger charge is 2.06. The van der Waals surface area contributed by atoms with E-state index in [1.165, 1.54) is 5.56 Å². The van der Waals surface area contributed by atoms with Crippen molar-refractivity contribution >= 4 is 10.9 Å². The Morgan fingerprint density at radius 1 is 1.05 bits per heavy atom. The van der Waals surface area contributed by atoms with E-state index in [1.54, 1.807) is 18.2 Å². The Morgan fingerprint density at radius 3 is 2.52 bits per heavy atom. The van der Waals surface area contributed by atoms with E-state index in [2.05, 4.69) is 24.0 Å². The van der Waals surface area contributed by atoms with Crippen LogP contribution in [0.4, 0.5) is 0 Å². The standard InChI is InChI=1S/C17H15NO3/c1-2-12-7-9-13(10-8-12)11-20-17-18-15-6-4-3-5-14(15)16(19)21-17/h3-10H,2,11H2,1H3. The highest BCUT2D eigenvalue weighted by atomic mass is 16.6. The van der Waals surface area contributed by atoms with Gasteiger partial charge in [-0.05, 0) is 29.7 Å². The van der Waals surface area contributed by atoms with Gasteiger partial charge in [-0.3, -0.25) is 0 Å². The van der Waals surface area contributed by atoms with Gasteiger partial charge in [-0.2, -0.15) is 4.98 Å². The topological polar surface area (TPSA) is 52.3 Å². The molecule has 3 aromatic rings. The second-order valence-corrected chi connectivity index (χ2v) is 4.74. The summed E-state index contributed by atoms with van der Waals surface area (Å²) in [5.41, 5.74) is 2.42. The van der Waals surface area contributed by atoms with E-state index in [4.69, 9.17) is 9.15 Å². The first-order valence-corrected chi connectivity index (χ1v) is 6.87. The summed E-state index contributed by atoms with van der Waals surface area (Å²) in [4.78, 5) is 16.0. The zero-order chi connectivity index (χ0) is 14.7. The van der Waals surface area contributed by atoms with Crippen molar-refractivity contribution < 1.29 is 9.15 Å². The predicted molar refractivity (Wildman–Crippen MR) is 80.4 cm³/mol. The fourth-order valence-corrected chi connectivity index (χ4v) is 2.08. The van der Waals surface area contributed by atoms with E-state index >= 15 is 0 Å². The molecule has 4 nitrogen and oxygen atoms in total. The Kier molecular flexibility index (Phi) is 3.69. The van der Waals surface area contributed by atoms with Gasteiger partial charge in [-0.25, -0.2) is 4.79 Å². The number of nitrogens with zero attached hydrogens (tertiary/aromatic N) is 1. The normalized spacial score (nSPS) is 10.7. The number of para-hydroxylation sites is 1. The second kappa shape index (κ2) is 5.79. The minimum atomic E-state index is -0.433. The Balaban J connectivity index is 1.80. The zero-order valence-electron chi connectivity index (χ0n) is 11.7. The quantitative estimate of drug-likeness (QED) is 0.736. The molecular weight excluding hydrogens is 266 g/mol. The molecule has 0 saturated carbocycles. The minimum Gasteiger partial charge on any atom is -0.445 e. The highest BCUT2D eigenvalue weighted by molar-refractivity contribution is 5.76. The molecule has 1 heterocycles. The van der Waals surface area contributed by atoms with E-state index < -0.39 is 5.63 Å². The molecule has 0 fully saturated rings. The number of rotatable bonds is 4. The smallest absolute Gasteiger partial charge is 0.397 e. The van der Waals surface area contributed by atoms with Gasteiger partial charge in [0.15, 0.2) is 0 Å². The number of ether oxygens (including phenoxy) is 1. The molecule has 0 unspecified atom stereocenters. The van der Waals surface area contributed by atoms with Crippen molar-refractivity contribution in [2.75, 3.05) is 0 Å². The lowest BCUT2D eigenvalue weighted by molar-refractivity contribution is 0.207. The first-order chi connectivity index (χ1) is 10.3. The monoisotopic (exact) mass is 281 g/mol. The van der Waals surface area contributed by atoms with E-state index in [-0.39, 0.29) is 6.08 Å². The zero-order valence-corrected chi connectivity index (χ0v) is 11.7. The van der Waals surface area contributed by atoms with Gasteiger partial charge in [0.1, 0.15) is 6.61 Å². The van der Waals surface area contributed by atoms with E-state index in [9.17, 15) is 4.79 Å². The summed E-state index contributed by atoms with van der Waals surface area (Å²) in [6.45, 7) is 2.43. The molecule has 3 rings (SSSR count). The van der Waals surface area contributed by atoms with Crippen molar-refractivity contribution in [1.82, 2.24) is 4.98 Å². The molecule has 21 heavy (non-hydrogen) atoms. The Hall–Kier alpha value is -2.62. The van der Waals surface area contributed by atoms with Crippen molar-refractivity contribution in [3.63, 3.8) is 0 Å². The SMILES string of the molecule is CCc1ccc(COc2nc3ccccc3c(=O)o2)cc1. The molecule has 0 spiro atoms. The van der Waals surface area contributed by atoms with Crippen LogP contribution >= 0.6 is 0 Å². The van der Waals surface area contributed by atoms with Crippen LogP contribution in [-0.2, 0) is 13.0 Å². The van der Waals surface area contributed by atoms with Crippen LogP contribution in [0, 0.1) is 0 Å². The Bertz CT molecular complexity index is 806. The Labute approximate surface area is 122 Å². The number of aromatic nitrogens is 1. The van der Waals surface area contributed by atoms with Crippen molar-refractivity contribution in [2.45, 2.75) is 20.0 Å². The van der Waals surface area contributed by atoms with E-state index in [1.807, 2.05) is 18.2 Å². The summed E-state index contributed by atoms with van der Waals surface area (Å²) < 4.78 is 10.5. The van der Waals surface area contributed by atoms with Crippen LogP contribution in [0.25, 0.3) is 10.9 Å². The molecule has 0 bridgehead atoms. The minimum absolute atomic E-state index is 0.00160. The molecule has 0 amide bonds. The highest BCUT2D eigenvalue weighted by Crippen LogP contribution is 2.14. The maximum atomic E-state index is 11.8. The van der Waals surface area contributed by atoms with Gasteiger partial charge in [0, 0.05) is 0 Å². The lowest BCUT2D eigenvalue weighted by Gasteiger charge is -2.05. The summed E-state index contributed by atoms with van der Waals surface area (Å²) in [6, 6.07) is 15.1. The maximum Gasteiger partial charge on any atom is 0.397 e. The molecule has 0 radical (unpaired) electrons. The maximum absolute atomic E-state index is 11.8. The largest absolute Gasteiger partial charge is 0.445 e. The van der Waals surface area contributed by atoms with Crippen LogP contribution in [0.15, 0.2) is 57.7 Å². The third kappa shape index (κ3) is 2.94. The molecular formula is C17H15NO3. The number of hydrogen-bond donors (Lipinski definition) is 0. The van der Waals surface area contributed by atoms with Crippen molar-refractivity contribution in [3.05, 3.63) is 70.1 Å². The van der Waals surface area contributed by atoms with Crippen molar-refractivity contribution in [3.8, 4) is 6.08 Å². The predicted octanol–water partition coefficient (Wildman–Crippen LogP) is 3.33. The van der Waals surface area contributed by atoms with Gasteiger partial charge in [-0.15, -0.1) is 0 Å². The molecule has 0 atom stereocenters. The Morgan fingerprint density at radius 2 is 1.76 bits per heavy atom. The van der Waals surface area contributed by atoms with Gasteiger partial charge >= 0.3 is 11.7 Å². The molecule has 4 heteroatoms. The average Bonchev–Trinajstić information content (AvgIpc) is 2.53. The van der Waals surface area contributed by atoms with Crippen LogP contribution in [0.3, 0.4) is 0 Å². The molecule has 0 saturated heterocycles.